The highest BCUT2D eigenvalue weighted by molar-refractivity contribution is 6.24. The first kappa shape index (κ1) is 17.6. The standard InChI is InChI=1S/C19H30ClN3O2/c20-19-8-13-5-14(9-19)7-18(6-13,11-19)12-22-16(24)10-23-3-1-15(2-4-23)17(21)25/h13-15H,1-12H2,(H2,21,25)(H,22,24). The monoisotopic (exact) mass is 367 g/mol. The first-order valence-electron chi connectivity index (χ1n) is 9.82. The number of halogens is 1. The summed E-state index contributed by atoms with van der Waals surface area (Å²) in [6.45, 7) is 2.77. The summed E-state index contributed by atoms with van der Waals surface area (Å²) >= 11 is 6.87. The van der Waals surface area contributed by atoms with Crippen LogP contribution in [0.2, 0.25) is 0 Å². The van der Waals surface area contributed by atoms with Gasteiger partial charge in [-0.3, -0.25) is 14.5 Å². The van der Waals surface area contributed by atoms with Gasteiger partial charge in [0.05, 0.1) is 6.54 Å². The van der Waals surface area contributed by atoms with Crippen molar-refractivity contribution in [2.45, 2.75) is 56.2 Å². The molecule has 2 amide bonds. The average Bonchev–Trinajstić information content (AvgIpc) is 2.51. The molecule has 2 unspecified atom stereocenters. The van der Waals surface area contributed by atoms with Crippen molar-refractivity contribution in [3.8, 4) is 0 Å². The largest absolute Gasteiger partial charge is 0.369 e. The number of nitrogens with two attached hydrogens (primary N) is 1. The SMILES string of the molecule is NC(=O)C1CCN(CC(=O)NCC23CC4CC(CC(Cl)(C4)C2)C3)CC1. The molecule has 5 nitrogen and oxygen atoms in total. The van der Waals surface area contributed by atoms with Gasteiger partial charge in [-0.15, -0.1) is 11.6 Å². The number of carbonyl (C=O) groups excluding carboxylic acids is 2. The van der Waals surface area contributed by atoms with E-state index in [1.165, 1.54) is 32.1 Å². The van der Waals surface area contributed by atoms with Crippen molar-refractivity contribution in [3.05, 3.63) is 0 Å². The van der Waals surface area contributed by atoms with Crippen LogP contribution in [0.1, 0.15) is 51.4 Å². The summed E-state index contributed by atoms with van der Waals surface area (Å²) in [5, 5.41) is 3.21. The Morgan fingerprint density at radius 2 is 1.76 bits per heavy atom. The summed E-state index contributed by atoms with van der Waals surface area (Å²) in [4.78, 5) is 25.8. The highest BCUT2D eigenvalue weighted by Gasteiger charge is 2.56. The molecule has 0 aromatic rings. The second kappa shape index (κ2) is 6.41. The summed E-state index contributed by atoms with van der Waals surface area (Å²) in [5.74, 6) is 1.41. The first-order chi connectivity index (χ1) is 11.8. The summed E-state index contributed by atoms with van der Waals surface area (Å²) in [6.07, 6.45) is 8.78. The topological polar surface area (TPSA) is 75.4 Å². The molecule has 2 atom stereocenters. The molecule has 0 aromatic heterocycles. The number of piperidine rings is 1. The normalized spacial score (nSPS) is 41.0. The van der Waals surface area contributed by atoms with Gasteiger partial charge in [0.15, 0.2) is 0 Å². The number of likely N-dealkylation sites (tertiary alicyclic amines) is 1. The minimum Gasteiger partial charge on any atom is -0.369 e. The lowest BCUT2D eigenvalue weighted by atomic mass is 9.49. The minimum atomic E-state index is -0.207. The molecular weight excluding hydrogens is 338 g/mol. The van der Waals surface area contributed by atoms with Crippen molar-refractivity contribution < 1.29 is 9.59 Å². The predicted octanol–water partition coefficient (Wildman–Crippen LogP) is 1.88. The fraction of sp³-hybridized carbons (Fsp3) is 0.895. The number of hydrogen-bond donors (Lipinski definition) is 2. The number of hydrogen-bond acceptors (Lipinski definition) is 3. The fourth-order valence-electron chi connectivity index (χ4n) is 6.46. The number of primary amides is 1. The molecule has 5 aliphatic rings. The van der Waals surface area contributed by atoms with Gasteiger partial charge in [-0.25, -0.2) is 0 Å². The van der Waals surface area contributed by atoms with Crippen molar-refractivity contribution in [3.63, 3.8) is 0 Å². The van der Waals surface area contributed by atoms with E-state index in [0.717, 1.165) is 50.7 Å². The van der Waals surface area contributed by atoms with Crippen molar-refractivity contribution in [2.75, 3.05) is 26.2 Å². The Kier molecular flexibility index (Phi) is 4.52. The van der Waals surface area contributed by atoms with Crippen LogP contribution in [0.5, 0.6) is 0 Å². The molecule has 3 N–H and O–H groups in total. The summed E-state index contributed by atoms with van der Waals surface area (Å²) in [6, 6.07) is 0. The van der Waals surface area contributed by atoms with E-state index in [0.29, 0.717) is 6.54 Å². The highest BCUT2D eigenvalue weighted by atomic mass is 35.5. The van der Waals surface area contributed by atoms with Crippen LogP contribution in [0.25, 0.3) is 0 Å². The van der Waals surface area contributed by atoms with Gasteiger partial charge < -0.3 is 11.1 Å². The van der Waals surface area contributed by atoms with E-state index in [4.69, 9.17) is 17.3 Å². The molecule has 140 valence electrons. The van der Waals surface area contributed by atoms with Crippen LogP contribution in [0, 0.1) is 23.2 Å². The lowest BCUT2D eigenvalue weighted by Crippen LogP contribution is -2.57. The van der Waals surface area contributed by atoms with Gasteiger partial charge >= 0.3 is 0 Å². The zero-order valence-corrected chi connectivity index (χ0v) is 15.7. The molecule has 4 saturated carbocycles. The minimum absolute atomic E-state index is 0.00541. The molecular formula is C19H30ClN3O2. The molecule has 5 fully saturated rings. The maximum absolute atomic E-state index is 12.4. The Morgan fingerprint density at radius 3 is 2.32 bits per heavy atom. The Bertz CT molecular complexity index is 545. The molecule has 4 bridgehead atoms. The quantitative estimate of drug-likeness (QED) is 0.728. The predicted molar refractivity (Wildman–Crippen MR) is 97.1 cm³/mol. The van der Waals surface area contributed by atoms with E-state index in [1.807, 2.05) is 0 Å². The van der Waals surface area contributed by atoms with E-state index < -0.39 is 0 Å². The Morgan fingerprint density at radius 1 is 1.12 bits per heavy atom. The van der Waals surface area contributed by atoms with Crippen LogP contribution >= 0.6 is 11.6 Å². The third-order valence-corrected chi connectivity index (χ3v) is 7.57. The van der Waals surface area contributed by atoms with Gasteiger partial charge in [-0.2, -0.15) is 0 Å². The molecule has 6 heteroatoms. The van der Waals surface area contributed by atoms with Crippen LogP contribution in [-0.2, 0) is 9.59 Å². The van der Waals surface area contributed by atoms with Crippen molar-refractivity contribution in [1.29, 1.82) is 0 Å². The lowest BCUT2D eigenvalue weighted by molar-refractivity contribution is -0.125. The highest BCUT2D eigenvalue weighted by Crippen LogP contribution is 2.63. The first-order valence-corrected chi connectivity index (χ1v) is 10.2. The van der Waals surface area contributed by atoms with E-state index in [2.05, 4.69) is 10.2 Å². The zero-order chi connectivity index (χ0) is 17.7. The van der Waals surface area contributed by atoms with Gasteiger partial charge in [-0.1, -0.05) is 0 Å². The fourth-order valence-corrected chi connectivity index (χ4v) is 7.18. The summed E-state index contributed by atoms with van der Waals surface area (Å²) < 4.78 is 0. The number of alkyl halides is 1. The van der Waals surface area contributed by atoms with E-state index in [-0.39, 0.29) is 28.0 Å². The van der Waals surface area contributed by atoms with Crippen molar-refractivity contribution in [2.24, 2.45) is 28.9 Å². The number of amides is 2. The lowest BCUT2D eigenvalue weighted by Gasteiger charge is -2.60. The van der Waals surface area contributed by atoms with Gasteiger partial charge in [0, 0.05) is 17.3 Å². The maximum Gasteiger partial charge on any atom is 0.234 e. The second-order valence-electron chi connectivity index (χ2n) is 9.34. The maximum atomic E-state index is 12.4. The van der Waals surface area contributed by atoms with E-state index in [1.54, 1.807) is 0 Å². The van der Waals surface area contributed by atoms with Crippen molar-refractivity contribution >= 4 is 23.4 Å². The zero-order valence-electron chi connectivity index (χ0n) is 14.9. The Labute approximate surface area is 155 Å². The Balaban J connectivity index is 1.26. The molecule has 5 rings (SSSR count). The van der Waals surface area contributed by atoms with Gasteiger partial charge in [0.25, 0.3) is 0 Å². The van der Waals surface area contributed by atoms with Crippen molar-refractivity contribution in [1.82, 2.24) is 10.2 Å². The van der Waals surface area contributed by atoms with E-state index >= 15 is 0 Å². The second-order valence-corrected chi connectivity index (χ2v) is 10.1. The number of nitrogens with zero attached hydrogens (tertiary/aromatic N) is 1. The van der Waals surface area contributed by atoms with E-state index in [9.17, 15) is 9.59 Å². The summed E-state index contributed by atoms with van der Waals surface area (Å²) in [5.41, 5.74) is 5.61. The molecule has 4 aliphatic carbocycles. The third-order valence-electron chi connectivity index (χ3n) is 7.13. The van der Waals surface area contributed by atoms with Gasteiger partial charge in [0.1, 0.15) is 0 Å². The smallest absolute Gasteiger partial charge is 0.234 e. The van der Waals surface area contributed by atoms with Crippen LogP contribution in [0.3, 0.4) is 0 Å². The molecule has 0 spiro atoms. The molecule has 0 aromatic carbocycles. The average molecular weight is 368 g/mol. The Hall–Kier alpha value is -0.810. The molecule has 1 aliphatic heterocycles. The third kappa shape index (κ3) is 3.68. The van der Waals surface area contributed by atoms with Crippen LogP contribution in [0.15, 0.2) is 0 Å². The van der Waals surface area contributed by atoms with Gasteiger partial charge in [-0.05, 0) is 81.7 Å². The molecule has 1 heterocycles. The molecule has 1 saturated heterocycles. The van der Waals surface area contributed by atoms with Gasteiger partial charge in [0.2, 0.25) is 11.8 Å². The number of carbonyl (C=O) groups is 2. The molecule has 25 heavy (non-hydrogen) atoms. The summed E-state index contributed by atoms with van der Waals surface area (Å²) in [7, 11) is 0. The van der Waals surface area contributed by atoms with Crippen LogP contribution in [-0.4, -0.2) is 47.8 Å². The number of nitrogens with one attached hydrogen (secondary N) is 1. The molecule has 0 radical (unpaired) electrons. The number of rotatable bonds is 5. The van der Waals surface area contributed by atoms with Crippen LogP contribution in [0.4, 0.5) is 0 Å². The van der Waals surface area contributed by atoms with Crippen LogP contribution < -0.4 is 11.1 Å².